The molecule has 0 aromatic rings. The molecule has 1 rings (SSSR count). The fourth-order valence-electron chi connectivity index (χ4n) is 3.27. The van der Waals surface area contributed by atoms with Crippen molar-refractivity contribution in [2.75, 3.05) is 19.6 Å². The van der Waals surface area contributed by atoms with Gasteiger partial charge in [-0.15, -0.1) is 0 Å². The highest BCUT2D eigenvalue weighted by Gasteiger charge is 2.24. The fraction of sp³-hybridized carbons (Fsp3) is 0.941. The van der Waals surface area contributed by atoms with Crippen LogP contribution in [0.1, 0.15) is 65.7 Å². The Bertz CT molecular complexity index is 280. The fourth-order valence-corrected chi connectivity index (χ4v) is 3.27. The van der Waals surface area contributed by atoms with Crippen molar-refractivity contribution < 1.29 is 0 Å². The van der Waals surface area contributed by atoms with Crippen LogP contribution in [-0.4, -0.2) is 36.6 Å². The summed E-state index contributed by atoms with van der Waals surface area (Å²) >= 11 is 0. The van der Waals surface area contributed by atoms with E-state index in [1.165, 1.54) is 45.1 Å². The van der Waals surface area contributed by atoms with Gasteiger partial charge >= 0.3 is 0 Å². The normalized spacial score (nSPS) is 25.1. The monoisotopic (exact) mass is 279 g/mol. The van der Waals surface area contributed by atoms with Crippen molar-refractivity contribution in [3.63, 3.8) is 0 Å². The summed E-state index contributed by atoms with van der Waals surface area (Å²) in [5.74, 6) is 0.225. The zero-order chi connectivity index (χ0) is 14.8. The van der Waals surface area contributed by atoms with E-state index in [1.54, 1.807) is 0 Å². The van der Waals surface area contributed by atoms with Gasteiger partial charge in [-0.25, -0.2) is 0 Å². The molecule has 0 aromatic heterocycles. The Hall–Kier alpha value is -0.590. The highest BCUT2D eigenvalue weighted by molar-refractivity contribution is 4.94. The SMILES string of the molecule is CCN(CC)CCCC(C)NC1CCCCCC1C#N. The van der Waals surface area contributed by atoms with E-state index >= 15 is 0 Å². The topological polar surface area (TPSA) is 39.1 Å². The van der Waals surface area contributed by atoms with Crippen molar-refractivity contribution in [1.82, 2.24) is 10.2 Å². The first kappa shape index (κ1) is 17.5. The zero-order valence-corrected chi connectivity index (χ0v) is 13.7. The van der Waals surface area contributed by atoms with Crippen molar-refractivity contribution >= 4 is 0 Å². The molecule has 3 unspecified atom stereocenters. The van der Waals surface area contributed by atoms with E-state index in [2.05, 4.69) is 37.1 Å². The Balaban J connectivity index is 2.29. The molecule has 1 saturated carbocycles. The molecule has 1 N–H and O–H groups in total. The van der Waals surface area contributed by atoms with Crippen LogP contribution in [0.3, 0.4) is 0 Å². The maximum absolute atomic E-state index is 9.32. The van der Waals surface area contributed by atoms with Gasteiger partial charge in [-0.2, -0.15) is 5.26 Å². The summed E-state index contributed by atoms with van der Waals surface area (Å²) in [5, 5.41) is 13.0. The molecule has 0 radical (unpaired) electrons. The molecule has 116 valence electrons. The van der Waals surface area contributed by atoms with Crippen molar-refractivity contribution in [3.8, 4) is 6.07 Å². The van der Waals surface area contributed by atoms with E-state index in [0.717, 1.165) is 19.5 Å². The van der Waals surface area contributed by atoms with Gasteiger partial charge < -0.3 is 10.2 Å². The summed E-state index contributed by atoms with van der Waals surface area (Å²) in [5.41, 5.74) is 0. The molecule has 1 fully saturated rings. The molecule has 0 bridgehead atoms. The molecule has 0 heterocycles. The van der Waals surface area contributed by atoms with Crippen molar-refractivity contribution in [3.05, 3.63) is 0 Å². The smallest absolute Gasteiger partial charge is 0.0672 e. The number of rotatable bonds is 8. The first-order chi connectivity index (χ1) is 9.71. The Morgan fingerprint density at radius 2 is 1.90 bits per heavy atom. The minimum atomic E-state index is 0.225. The van der Waals surface area contributed by atoms with Gasteiger partial charge in [0.05, 0.1) is 12.0 Å². The molecule has 0 spiro atoms. The molecule has 1 aliphatic rings. The van der Waals surface area contributed by atoms with Crippen LogP contribution in [0.5, 0.6) is 0 Å². The lowest BCUT2D eigenvalue weighted by Gasteiger charge is -2.26. The number of hydrogen-bond donors (Lipinski definition) is 1. The number of nitrogens with one attached hydrogen (secondary N) is 1. The Morgan fingerprint density at radius 3 is 2.55 bits per heavy atom. The largest absolute Gasteiger partial charge is 0.310 e. The lowest BCUT2D eigenvalue weighted by Crippen LogP contribution is -2.41. The molecule has 1 aliphatic carbocycles. The van der Waals surface area contributed by atoms with E-state index in [-0.39, 0.29) is 5.92 Å². The summed E-state index contributed by atoms with van der Waals surface area (Å²) < 4.78 is 0. The standard InChI is InChI=1S/C17H33N3/c1-4-20(5-2)13-9-10-15(3)19-17-12-8-6-7-11-16(17)14-18/h15-17,19H,4-13H2,1-3H3. The summed E-state index contributed by atoms with van der Waals surface area (Å²) in [4.78, 5) is 2.48. The number of nitrogens with zero attached hydrogens (tertiary/aromatic N) is 2. The summed E-state index contributed by atoms with van der Waals surface area (Å²) in [6.45, 7) is 10.2. The summed E-state index contributed by atoms with van der Waals surface area (Å²) in [7, 11) is 0. The molecule has 3 atom stereocenters. The van der Waals surface area contributed by atoms with Gasteiger partial charge in [0.25, 0.3) is 0 Å². The van der Waals surface area contributed by atoms with E-state index < -0.39 is 0 Å². The van der Waals surface area contributed by atoms with Gasteiger partial charge in [0.2, 0.25) is 0 Å². The Labute approximate surface area is 125 Å². The van der Waals surface area contributed by atoms with E-state index in [9.17, 15) is 5.26 Å². The third-order valence-electron chi connectivity index (χ3n) is 4.69. The van der Waals surface area contributed by atoms with Crippen molar-refractivity contribution in [2.45, 2.75) is 77.8 Å². The van der Waals surface area contributed by atoms with Crippen LogP contribution in [0.2, 0.25) is 0 Å². The van der Waals surface area contributed by atoms with Gasteiger partial charge in [0.15, 0.2) is 0 Å². The average Bonchev–Trinajstić information content (AvgIpc) is 2.68. The third-order valence-corrected chi connectivity index (χ3v) is 4.69. The second-order valence-corrected chi connectivity index (χ2v) is 6.22. The molecule has 0 saturated heterocycles. The molecular weight excluding hydrogens is 246 g/mol. The van der Waals surface area contributed by atoms with Crippen LogP contribution < -0.4 is 5.32 Å². The first-order valence-electron chi connectivity index (χ1n) is 8.59. The van der Waals surface area contributed by atoms with Crippen LogP contribution in [0.25, 0.3) is 0 Å². The Kier molecular flexibility index (Phi) is 8.89. The predicted molar refractivity (Wildman–Crippen MR) is 85.6 cm³/mol. The van der Waals surface area contributed by atoms with Crippen LogP contribution in [0, 0.1) is 17.2 Å². The van der Waals surface area contributed by atoms with Crippen LogP contribution in [0.15, 0.2) is 0 Å². The minimum absolute atomic E-state index is 0.225. The first-order valence-corrected chi connectivity index (χ1v) is 8.59. The maximum Gasteiger partial charge on any atom is 0.0672 e. The van der Waals surface area contributed by atoms with E-state index in [1.807, 2.05) is 0 Å². The lowest BCUT2D eigenvalue weighted by atomic mass is 9.95. The van der Waals surface area contributed by atoms with Gasteiger partial charge in [0, 0.05) is 12.1 Å². The molecule has 3 heteroatoms. The molecule has 3 nitrogen and oxygen atoms in total. The van der Waals surface area contributed by atoms with Gasteiger partial charge in [-0.1, -0.05) is 33.1 Å². The summed E-state index contributed by atoms with van der Waals surface area (Å²) in [6, 6.07) is 3.48. The molecule has 20 heavy (non-hydrogen) atoms. The highest BCUT2D eigenvalue weighted by Crippen LogP contribution is 2.23. The molecule has 0 aliphatic heterocycles. The lowest BCUT2D eigenvalue weighted by molar-refractivity contribution is 0.282. The Morgan fingerprint density at radius 1 is 1.20 bits per heavy atom. The maximum atomic E-state index is 9.32. The predicted octanol–water partition coefficient (Wildman–Crippen LogP) is 3.56. The molecule has 0 amide bonds. The van der Waals surface area contributed by atoms with Gasteiger partial charge in [-0.3, -0.25) is 0 Å². The van der Waals surface area contributed by atoms with Crippen LogP contribution in [0.4, 0.5) is 0 Å². The third kappa shape index (κ3) is 6.24. The van der Waals surface area contributed by atoms with Gasteiger partial charge in [0.1, 0.15) is 0 Å². The van der Waals surface area contributed by atoms with E-state index in [4.69, 9.17) is 0 Å². The van der Waals surface area contributed by atoms with Crippen LogP contribution >= 0.6 is 0 Å². The van der Waals surface area contributed by atoms with E-state index in [0.29, 0.717) is 12.1 Å². The van der Waals surface area contributed by atoms with Crippen LogP contribution in [-0.2, 0) is 0 Å². The highest BCUT2D eigenvalue weighted by atomic mass is 15.1. The van der Waals surface area contributed by atoms with Crippen molar-refractivity contribution in [1.29, 1.82) is 5.26 Å². The average molecular weight is 279 g/mol. The van der Waals surface area contributed by atoms with Gasteiger partial charge in [-0.05, 0) is 52.2 Å². The minimum Gasteiger partial charge on any atom is -0.310 e. The zero-order valence-electron chi connectivity index (χ0n) is 13.7. The quantitative estimate of drug-likeness (QED) is 0.691. The second-order valence-electron chi connectivity index (χ2n) is 6.22. The molecule has 0 aromatic carbocycles. The second kappa shape index (κ2) is 10.2. The molecular formula is C17H33N3. The number of nitriles is 1. The summed E-state index contributed by atoms with van der Waals surface area (Å²) in [6.07, 6.45) is 8.53. The number of hydrogen-bond acceptors (Lipinski definition) is 3. The van der Waals surface area contributed by atoms with Crippen molar-refractivity contribution in [2.24, 2.45) is 5.92 Å².